The fraction of sp³-hybridized carbons (Fsp3) is 0.833. The van der Waals surface area contributed by atoms with Crippen molar-refractivity contribution >= 4 is 11.9 Å². The van der Waals surface area contributed by atoms with Crippen LogP contribution >= 0.6 is 0 Å². The molecule has 16 heavy (non-hydrogen) atoms. The minimum absolute atomic E-state index is 0.0172. The Kier molecular flexibility index (Phi) is 3.17. The van der Waals surface area contributed by atoms with Crippen LogP contribution < -0.4 is 0 Å². The van der Waals surface area contributed by atoms with Crippen LogP contribution in [0.15, 0.2) is 4.99 Å². The summed E-state index contributed by atoms with van der Waals surface area (Å²) in [5.41, 5.74) is 0. The zero-order valence-electron chi connectivity index (χ0n) is 9.85. The predicted molar refractivity (Wildman–Crippen MR) is 60.5 cm³/mol. The zero-order chi connectivity index (χ0) is 11.7. The van der Waals surface area contributed by atoms with Crippen LogP contribution in [-0.2, 0) is 9.53 Å². The summed E-state index contributed by atoms with van der Waals surface area (Å²) in [5, 5.41) is 8.98. The van der Waals surface area contributed by atoms with Crippen molar-refractivity contribution in [3.8, 4) is 0 Å². The van der Waals surface area contributed by atoms with Gasteiger partial charge in [0, 0.05) is 6.42 Å². The second kappa shape index (κ2) is 4.44. The quantitative estimate of drug-likeness (QED) is 0.800. The molecule has 3 atom stereocenters. The molecule has 0 saturated heterocycles. The van der Waals surface area contributed by atoms with E-state index in [1.807, 2.05) is 0 Å². The molecule has 1 aliphatic carbocycles. The van der Waals surface area contributed by atoms with Gasteiger partial charge in [0.1, 0.15) is 6.10 Å². The normalized spacial score (nSPS) is 33.2. The molecular weight excluding hydrogens is 206 g/mol. The smallest absolute Gasteiger partial charge is 0.306 e. The van der Waals surface area contributed by atoms with Crippen molar-refractivity contribution in [2.75, 3.05) is 0 Å². The number of rotatable bonds is 3. The lowest BCUT2D eigenvalue weighted by atomic mass is 9.84. The van der Waals surface area contributed by atoms with Crippen molar-refractivity contribution < 1.29 is 14.6 Å². The molecule has 0 aromatic heterocycles. The Balaban J connectivity index is 1.94. The van der Waals surface area contributed by atoms with Crippen LogP contribution in [0.5, 0.6) is 0 Å². The minimum atomic E-state index is -0.695. The summed E-state index contributed by atoms with van der Waals surface area (Å²) in [6.45, 7) is 4.27. The van der Waals surface area contributed by atoms with Gasteiger partial charge in [0.2, 0.25) is 0 Å². The fourth-order valence-corrected chi connectivity index (χ4v) is 2.45. The summed E-state index contributed by atoms with van der Waals surface area (Å²) in [6.07, 6.45) is 3.08. The third-order valence-corrected chi connectivity index (χ3v) is 3.29. The first-order chi connectivity index (χ1) is 7.56. The first-order valence-corrected chi connectivity index (χ1v) is 6.02. The monoisotopic (exact) mass is 225 g/mol. The number of hydrogen-bond acceptors (Lipinski definition) is 3. The number of carboxylic acid groups (broad SMARTS) is 1. The molecule has 0 radical (unpaired) electrons. The van der Waals surface area contributed by atoms with Crippen molar-refractivity contribution in [1.29, 1.82) is 0 Å². The van der Waals surface area contributed by atoms with E-state index in [-0.39, 0.29) is 18.1 Å². The van der Waals surface area contributed by atoms with Crippen LogP contribution in [0.3, 0.4) is 0 Å². The lowest BCUT2D eigenvalue weighted by Crippen LogP contribution is -2.34. The molecule has 0 bridgehead atoms. The van der Waals surface area contributed by atoms with E-state index in [0.29, 0.717) is 12.3 Å². The molecule has 3 unspecified atom stereocenters. The number of carboxylic acids is 1. The highest BCUT2D eigenvalue weighted by atomic mass is 16.5. The van der Waals surface area contributed by atoms with E-state index >= 15 is 0 Å². The van der Waals surface area contributed by atoms with Crippen molar-refractivity contribution in [3.05, 3.63) is 0 Å². The van der Waals surface area contributed by atoms with E-state index in [2.05, 4.69) is 18.8 Å². The number of ether oxygens (including phenoxy) is 1. The molecule has 90 valence electrons. The average Bonchev–Trinajstić information content (AvgIpc) is 2.56. The summed E-state index contributed by atoms with van der Waals surface area (Å²) >= 11 is 0. The number of nitrogens with zero attached hydrogens (tertiary/aromatic N) is 1. The van der Waals surface area contributed by atoms with Gasteiger partial charge in [-0.15, -0.1) is 0 Å². The Morgan fingerprint density at radius 2 is 2.31 bits per heavy atom. The number of hydrogen-bond donors (Lipinski definition) is 1. The van der Waals surface area contributed by atoms with E-state index in [1.54, 1.807) is 0 Å². The van der Waals surface area contributed by atoms with Crippen LogP contribution in [-0.4, -0.2) is 29.1 Å². The second-order valence-electron chi connectivity index (χ2n) is 5.19. The van der Waals surface area contributed by atoms with Crippen LogP contribution in [0.4, 0.5) is 0 Å². The molecular formula is C12H19NO3. The van der Waals surface area contributed by atoms with Gasteiger partial charge in [0.15, 0.2) is 5.90 Å². The predicted octanol–water partition coefficient (Wildman–Crippen LogP) is 2.08. The molecule has 4 nitrogen and oxygen atoms in total. The summed E-state index contributed by atoms with van der Waals surface area (Å²) in [6, 6.07) is 0.212. The van der Waals surface area contributed by atoms with E-state index in [1.165, 1.54) is 0 Å². The van der Waals surface area contributed by atoms with E-state index < -0.39 is 5.97 Å². The van der Waals surface area contributed by atoms with Crippen LogP contribution in [0.2, 0.25) is 0 Å². The summed E-state index contributed by atoms with van der Waals surface area (Å²) < 4.78 is 5.74. The molecule has 1 N–H and O–H groups in total. The topological polar surface area (TPSA) is 58.9 Å². The van der Waals surface area contributed by atoms with Crippen LogP contribution in [0.25, 0.3) is 0 Å². The van der Waals surface area contributed by atoms with Gasteiger partial charge in [-0.1, -0.05) is 13.8 Å². The number of aliphatic carboxylic acids is 1. The molecule has 0 spiro atoms. The lowest BCUT2D eigenvalue weighted by molar-refractivity contribution is -0.143. The molecule has 2 aliphatic rings. The van der Waals surface area contributed by atoms with Gasteiger partial charge in [0.25, 0.3) is 0 Å². The second-order valence-corrected chi connectivity index (χ2v) is 5.19. The summed E-state index contributed by atoms with van der Waals surface area (Å²) in [7, 11) is 0. The standard InChI is InChI=1S/C12H19NO3/c1-7(2)5-11-13-9-4-3-8(12(14)15)6-10(9)16-11/h7-10H,3-6H2,1-2H3,(H,14,15). The van der Waals surface area contributed by atoms with E-state index in [9.17, 15) is 4.79 Å². The molecule has 4 heteroatoms. The Morgan fingerprint density at radius 1 is 1.56 bits per heavy atom. The lowest BCUT2D eigenvalue weighted by Gasteiger charge is -2.27. The fourth-order valence-electron chi connectivity index (χ4n) is 2.45. The van der Waals surface area contributed by atoms with Crippen molar-refractivity contribution in [2.45, 2.75) is 51.7 Å². The SMILES string of the molecule is CC(C)CC1=NC2CCC(C(=O)O)CC2O1. The molecule has 0 aromatic rings. The Morgan fingerprint density at radius 3 is 2.94 bits per heavy atom. The van der Waals surface area contributed by atoms with Crippen LogP contribution in [0, 0.1) is 11.8 Å². The summed E-state index contributed by atoms with van der Waals surface area (Å²) in [4.78, 5) is 15.5. The van der Waals surface area contributed by atoms with Crippen LogP contribution in [0.1, 0.15) is 39.5 Å². The Hall–Kier alpha value is -1.06. The first kappa shape index (κ1) is 11.4. The highest BCUT2D eigenvalue weighted by Gasteiger charge is 2.39. The highest BCUT2D eigenvalue weighted by Crippen LogP contribution is 2.33. The molecule has 0 amide bonds. The molecule has 2 rings (SSSR count). The van der Waals surface area contributed by atoms with Crippen molar-refractivity contribution in [2.24, 2.45) is 16.8 Å². The highest BCUT2D eigenvalue weighted by molar-refractivity contribution is 5.78. The van der Waals surface area contributed by atoms with Gasteiger partial charge >= 0.3 is 5.97 Å². The molecule has 1 aliphatic heterocycles. The minimum Gasteiger partial charge on any atom is -0.481 e. The first-order valence-electron chi connectivity index (χ1n) is 6.02. The Labute approximate surface area is 95.7 Å². The van der Waals surface area contributed by atoms with Gasteiger partial charge in [-0.3, -0.25) is 4.79 Å². The average molecular weight is 225 g/mol. The molecule has 1 fully saturated rings. The maximum absolute atomic E-state index is 10.9. The largest absolute Gasteiger partial charge is 0.481 e. The van der Waals surface area contributed by atoms with Gasteiger partial charge in [-0.2, -0.15) is 0 Å². The Bertz CT molecular complexity index is 311. The zero-order valence-corrected chi connectivity index (χ0v) is 9.85. The molecule has 1 saturated carbocycles. The van der Waals surface area contributed by atoms with Gasteiger partial charge < -0.3 is 9.84 Å². The van der Waals surface area contributed by atoms with Crippen molar-refractivity contribution in [1.82, 2.24) is 0 Å². The third kappa shape index (κ3) is 2.36. The summed E-state index contributed by atoms with van der Waals surface area (Å²) in [5.74, 6) is 0.430. The maximum Gasteiger partial charge on any atom is 0.306 e. The molecule has 0 aromatic carbocycles. The van der Waals surface area contributed by atoms with E-state index in [4.69, 9.17) is 9.84 Å². The third-order valence-electron chi connectivity index (χ3n) is 3.29. The van der Waals surface area contributed by atoms with Gasteiger partial charge in [-0.05, 0) is 25.2 Å². The number of aliphatic imine (C=N–C) groups is 1. The van der Waals surface area contributed by atoms with E-state index in [0.717, 1.165) is 25.2 Å². The van der Waals surface area contributed by atoms with Crippen molar-refractivity contribution in [3.63, 3.8) is 0 Å². The maximum atomic E-state index is 10.9. The van der Waals surface area contributed by atoms with Gasteiger partial charge in [-0.25, -0.2) is 4.99 Å². The number of fused-ring (bicyclic) bond motifs is 1. The van der Waals surface area contributed by atoms with Gasteiger partial charge in [0.05, 0.1) is 12.0 Å². The number of carbonyl (C=O) groups is 1. The molecule has 1 heterocycles.